The predicted octanol–water partition coefficient (Wildman–Crippen LogP) is 2.54. The fourth-order valence-corrected chi connectivity index (χ4v) is 2.07. The van der Waals surface area contributed by atoms with Gasteiger partial charge in [-0.15, -0.1) is 0 Å². The Morgan fingerprint density at radius 3 is 3.00 bits per heavy atom. The number of aromatic nitrogens is 3. The van der Waals surface area contributed by atoms with E-state index in [1.165, 1.54) is 11.5 Å². The maximum atomic E-state index is 8.76. The summed E-state index contributed by atoms with van der Waals surface area (Å²) < 4.78 is 4.27. The van der Waals surface area contributed by atoms with Gasteiger partial charge in [0, 0.05) is 30.2 Å². The molecular weight excluding hydrogens is 246 g/mol. The zero-order valence-electron chi connectivity index (χ0n) is 10.2. The molecule has 0 spiro atoms. The largest absolute Gasteiger partial charge is 0.356 e. The van der Waals surface area contributed by atoms with E-state index in [0.29, 0.717) is 18.2 Å². The van der Waals surface area contributed by atoms with Crippen molar-refractivity contribution in [3.63, 3.8) is 0 Å². The molecule has 0 atom stereocenters. The van der Waals surface area contributed by atoms with Crippen LogP contribution in [0.1, 0.15) is 36.8 Å². The van der Waals surface area contributed by atoms with Gasteiger partial charge in [-0.1, -0.05) is 13.8 Å². The molecule has 2 aromatic rings. The molecule has 2 heterocycles. The highest BCUT2D eigenvalue weighted by Crippen LogP contribution is 2.17. The second kappa shape index (κ2) is 5.56. The van der Waals surface area contributed by atoms with Crippen LogP contribution in [0.5, 0.6) is 0 Å². The van der Waals surface area contributed by atoms with Crippen molar-refractivity contribution in [3.05, 3.63) is 35.4 Å². The number of nitrogens with zero attached hydrogens (tertiary/aromatic N) is 4. The van der Waals surface area contributed by atoms with E-state index in [4.69, 9.17) is 5.26 Å². The lowest BCUT2D eigenvalue weighted by Gasteiger charge is -2.02. The maximum absolute atomic E-state index is 8.76. The van der Waals surface area contributed by atoms with Crippen LogP contribution in [0, 0.1) is 11.3 Å². The van der Waals surface area contributed by atoms with E-state index in [9.17, 15) is 0 Å². The summed E-state index contributed by atoms with van der Waals surface area (Å²) in [5.74, 6) is 1.19. The Balaban J connectivity index is 2.00. The summed E-state index contributed by atoms with van der Waals surface area (Å²) in [4.78, 5) is 8.31. The smallest absolute Gasteiger partial charge is 0.202 e. The van der Waals surface area contributed by atoms with Crippen LogP contribution in [0.15, 0.2) is 18.3 Å². The van der Waals surface area contributed by atoms with Gasteiger partial charge in [-0.2, -0.15) is 9.64 Å². The van der Waals surface area contributed by atoms with E-state index >= 15 is 0 Å². The Morgan fingerprint density at radius 1 is 1.50 bits per heavy atom. The standard InChI is InChI=1S/C12H13N5S/c1-8(2)11-16-12(18-17-11)15-7-9-3-4-14-10(5-9)6-13/h3-5,8H,7H2,1-2H3,(H,15,16,17). The fraction of sp³-hybridized carbons (Fsp3) is 0.333. The summed E-state index contributed by atoms with van der Waals surface area (Å²) in [7, 11) is 0. The van der Waals surface area contributed by atoms with Gasteiger partial charge in [0.2, 0.25) is 5.13 Å². The van der Waals surface area contributed by atoms with E-state index in [1.807, 2.05) is 12.1 Å². The van der Waals surface area contributed by atoms with Crippen molar-refractivity contribution in [1.82, 2.24) is 14.3 Å². The minimum atomic E-state index is 0.336. The SMILES string of the molecule is CC(C)c1nsc(NCc2ccnc(C#N)c2)n1. The van der Waals surface area contributed by atoms with Gasteiger partial charge < -0.3 is 5.32 Å². The van der Waals surface area contributed by atoms with Crippen molar-refractivity contribution in [2.24, 2.45) is 0 Å². The highest BCUT2D eigenvalue weighted by molar-refractivity contribution is 7.09. The van der Waals surface area contributed by atoms with Gasteiger partial charge >= 0.3 is 0 Å². The number of anilines is 1. The van der Waals surface area contributed by atoms with Crippen LogP contribution < -0.4 is 5.32 Å². The lowest BCUT2D eigenvalue weighted by atomic mass is 10.2. The summed E-state index contributed by atoms with van der Waals surface area (Å²) in [5, 5.41) is 12.8. The van der Waals surface area contributed by atoms with Crippen LogP contribution in [-0.4, -0.2) is 14.3 Å². The van der Waals surface area contributed by atoms with Gasteiger partial charge in [0.1, 0.15) is 17.6 Å². The van der Waals surface area contributed by atoms with E-state index in [-0.39, 0.29) is 0 Å². The second-order valence-electron chi connectivity index (χ2n) is 4.13. The number of nitriles is 1. The van der Waals surface area contributed by atoms with Crippen molar-refractivity contribution in [3.8, 4) is 6.07 Å². The molecule has 0 aromatic carbocycles. The lowest BCUT2D eigenvalue weighted by molar-refractivity contribution is 0.799. The monoisotopic (exact) mass is 259 g/mol. The van der Waals surface area contributed by atoms with Gasteiger partial charge in [0.25, 0.3) is 0 Å². The normalized spacial score (nSPS) is 10.3. The Morgan fingerprint density at radius 2 is 2.33 bits per heavy atom. The van der Waals surface area contributed by atoms with Crippen LogP contribution in [-0.2, 0) is 6.54 Å². The summed E-state index contributed by atoms with van der Waals surface area (Å²) in [5.41, 5.74) is 1.43. The van der Waals surface area contributed by atoms with Crippen molar-refractivity contribution in [2.75, 3.05) is 5.32 Å². The van der Waals surface area contributed by atoms with E-state index in [2.05, 4.69) is 33.5 Å². The maximum Gasteiger partial charge on any atom is 0.202 e. The lowest BCUT2D eigenvalue weighted by Crippen LogP contribution is -2.00. The molecule has 0 saturated carbocycles. The topological polar surface area (TPSA) is 74.5 Å². The van der Waals surface area contributed by atoms with E-state index in [0.717, 1.165) is 16.5 Å². The highest BCUT2D eigenvalue weighted by Gasteiger charge is 2.07. The predicted molar refractivity (Wildman–Crippen MR) is 70.3 cm³/mol. The highest BCUT2D eigenvalue weighted by atomic mass is 32.1. The Kier molecular flexibility index (Phi) is 3.85. The van der Waals surface area contributed by atoms with Crippen LogP contribution in [0.3, 0.4) is 0 Å². The van der Waals surface area contributed by atoms with Gasteiger partial charge in [-0.3, -0.25) is 0 Å². The molecule has 0 aliphatic rings. The molecule has 0 amide bonds. The zero-order chi connectivity index (χ0) is 13.0. The summed E-state index contributed by atoms with van der Waals surface area (Å²) in [6, 6.07) is 5.65. The molecule has 18 heavy (non-hydrogen) atoms. The first-order valence-electron chi connectivity index (χ1n) is 5.61. The molecule has 0 aliphatic heterocycles. The van der Waals surface area contributed by atoms with E-state index < -0.39 is 0 Å². The molecule has 2 aromatic heterocycles. The molecule has 0 fully saturated rings. The molecule has 92 valence electrons. The molecule has 1 N–H and O–H groups in total. The Labute approximate surface area is 110 Å². The number of hydrogen-bond donors (Lipinski definition) is 1. The number of hydrogen-bond acceptors (Lipinski definition) is 6. The van der Waals surface area contributed by atoms with Gasteiger partial charge in [0.15, 0.2) is 0 Å². The van der Waals surface area contributed by atoms with Gasteiger partial charge in [-0.25, -0.2) is 9.97 Å². The molecule has 0 aliphatic carbocycles. The molecule has 2 rings (SSSR count). The van der Waals surface area contributed by atoms with Crippen LogP contribution in [0.25, 0.3) is 0 Å². The van der Waals surface area contributed by atoms with Crippen LogP contribution in [0.2, 0.25) is 0 Å². The first-order valence-corrected chi connectivity index (χ1v) is 6.39. The Hall–Kier alpha value is -2.00. The molecule has 0 radical (unpaired) electrons. The van der Waals surface area contributed by atoms with Crippen LogP contribution >= 0.6 is 11.5 Å². The van der Waals surface area contributed by atoms with Gasteiger partial charge in [0.05, 0.1) is 0 Å². The number of pyridine rings is 1. The third kappa shape index (κ3) is 3.02. The van der Waals surface area contributed by atoms with Gasteiger partial charge in [-0.05, 0) is 17.7 Å². The molecule has 0 bridgehead atoms. The fourth-order valence-electron chi connectivity index (χ4n) is 1.36. The average Bonchev–Trinajstić information content (AvgIpc) is 2.85. The summed E-state index contributed by atoms with van der Waals surface area (Å²) in [6.07, 6.45) is 1.63. The number of nitrogens with one attached hydrogen (secondary N) is 1. The first-order chi connectivity index (χ1) is 8.69. The van der Waals surface area contributed by atoms with Crippen molar-refractivity contribution in [1.29, 1.82) is 5.26 Å². The molecule has 5 nitrogen and oxygen atoms in total. The Bertz CT molecular complexity index is 570. The van der Waals surface area contributed by atoms with E-state index in [1.54, 1.807) is 12.3 Å². The number of rotatable bonds is 4. The van der Waals surface area contributed by atoms with Crippen LogP contribution in [0.4, 0.5) is 5.13 Å². The summed E-state index contributed by atoms with van der Waals surface area (Å²) in [6.45, 7) is 4.74. The minimum absolute atomic E-state index is 0.336. The molecule has 0 saturated heterocycles. The van der Waals surface area contributed by atoms with Crippen molar-refractivity contribution in [2.45, 2.75) is 26.3 Å². The average molecular weight is 259 g/mol. The molecule has 0 unspecified atom stereocenters. The summed E-state index contributed by atoms with van der Waals surface area (Å²) >= 11 is 1.35. The third-order valence-corrected chi connectivity index (χ3v) is 3.03. The molecule has 6 heteroatoms. The zero-order valence-corrected chi connectivity index (χ0v) is 11.0. The quantitative estimate of drug-likeness (QED) is 0.913. The second-order valence-corrected chi connectivity index (χ2v) is 4.88. The van der Waals surface area contributed by atoms with Crippen molar-refractivity contribution >= 4 is 16.7 Å². The van der Waals surface area contributed by atoms with Crippen molar-refractivity contribution < 1.29 is 0 Å². The minimum Gasteiger partial charge on any atom is -0.356 e. The molecular formula is C12H13N5S. The third-order valence-electron chi connectivity index (χ3n) is 2.34. The first kappa shape index (κ1) is 12.5.